The highest BCUT2D eigenvalue weighted by Crippen LogP contribution is 2.22. The van der Waals surface area contributed by atoms with E-state index in [1.165, 1.54) is 6.07 Å². The molecule has 0 spiro atoms. The molecule has 2 rings (SSSR count). The van der Waals surface area contributed by atoms with E-state index in [1.807, 2.05) is 43.3 Å². The van der Waals surface area contributed by atoms with Crippen LogP contribution >= 0.6 is 0 Å². The van der Waals surface area contributed by atoms with Gasteiger partial charge < -0.3 is 0 Å². The number of hydrogen-bond donors (Lipinski definition) is 1. The van der Waals surface area contributed by atoms with E-state index in [4.69, 9.17) is 0 Å². The second-order valence-corrected chi connectivity index (χ2v) is 4.53. The van der Waals surface area contributed by atoms with Gasteiger partial charge in [0.2, 0.25) is 0 Å². The lowest BCUT2D eigenvalue weighted by atomic mass is 10.0. The van der Waals surface area contributed by atoms with Gasteiger partial charge in [-0.2, -0.15) is 5.26 Å². The quantitative estimate of drug-likeness (QED) is 0.916. The number of halogens is 2. The zero-order valence-electron chi connectivity index (χ0n) is 11.0. The molecule has 0 bridgehead atoms. The molecule has 0 aliphatic rings. The van der Waals surface area contributed by atoms with E-state index < -0.39 is 17.7 Å². The SMILES string of the molecule is CC(NC(C#N)c1ccc(F)cc1F)c1ccccc1. The summed E-state index contributed by atoms with van der Waals surface area (Å²) >= 11 is 0. The molecule has 4 heteroatoms. The van der Waals surface area contributed by atoms with Gasteiger partial charge in [-0.1, -0.05) is 36.4 Å². The largest absolute Gasteiger partial charge is 0.291 e. The topological polar surface area (TPSA) is 35.8 Å². The second-order valence-electron chi connectivity index (χ2n) is 4.53. The second kappa shape index (κ2) is 6.27. The summed E-state index contributed by atoms with van der Waals surface area (Å²) in [5, 5.41) is 12.2. The summed E-state index contributed by atoms with van der Waals surface area (Å²) in [6.07, 6.45) is 0. The minimum absolute atomic E-state index is 0.120. The predicted octanol–water partition coefficient (Wildman–Crippen LogP) is 3.88. The van der Waals surface area contributed by atoms with E-state index in [0.717, 1.165) is 17.7 Å². The number of nitrogens with one attached hydrogen (secondary N) is 1. The fourth-order valence-electron chi connectivity index (χ4n) is 2.02. The molecule has 2 aromatic carbocycles. The maximum atomic E-state index is 13.7. The van der Waals surface area contributed by atoms with Crippen LogP contribution in [-0.4, -0.2) is 0 Å². The van der Waals surface area contributed by atoms with E-state index in [2.05, 4.69) is 5.32 Å². The van der Waals surface area contributed by atoms with Gasteiger partial charge in [-0.3, -0.25) is 5.32 Å². The Morgan fingerprint density at radius 1 is 1.10 bits per heavy atom. The predicted molar refractivity (Wildman–Crippen MR) is 72.7 cm³/mol. The van der Waals surface area contributed by atoms with Gasteiger partial charge in [0, 0.05) is 17.7 Å². The lowest BCUT2D eigenvalue weighted by Crippen LogP contribution is -2.24. The van der Waals surface area contributed by atoms with Crippen molar-refractivity contribution >= 4 is 0 Å². The molecule has 0 saturated heterocycles. The third-order valence-corrected chi connectivity index (χ3v) is 3.12. The summed E-state index contributed by atoms with van der Waals surface area (Å²) in [6.45, 7) is 1.89. The van der Waals surface area contributed by atoms with Crippen molar-refractivity contribution in [2.45, 2.75) is 19.0 Å². The number of benzene rings is 2. The van der Waals surface area contributed by atoms with Crippen LogP contribution in [0.2, 0.25) is 0 Å². The van der Waals surface area contributed by atoms with Gasteiger partial charge in [0.25, 0.3) is 0 Å². The summed E-state index contributed by atoms with van der Waals surface area (Å²) in [5.74, 6) is -1.37. The molecular formula is C16H14F2N2. The first-order valence-electron chi connectivity index (χ1n) is 6.27. The minimum atomic E-state index is -0.828. The lowest BCUT2D eigenvalue weighted by molar-refractivity contribution is 0.503. The van der Waals surface area contributed by atoms with Crippen LogP contribution in [0, 0.1) is 23.0 Å². The fourth-order valence-corrected chi connectivity index (χ4v) is 2.02. The highest BCUT2D eigenvalue weighted by Gasteiger charge is 2.18. The molecule has 2 nitrogen and oxygen atoms in total. The molecule has 0 saturated carbocycles. The van der Waals surface area contributed by atoms with Crippen molar-refractivity contribution in [1.82, 2.24) is 5.32 Å². The Balaban J connectivity index is 2.19. The van der Waals surface area contributed by atoms with Gasteiger partial charge in [-0.25, -0.2) is 8.78 Å². The summed E-state index contributed by atoms with van der Waals surface area (Å²) in [5.41, 5.74) is 1.15. The van der Waals surface area contributed by atoms with Gasteiger partial charge in [0.05, 0.1) is 6.07 Å². The van der Waals surface area contributed by atoms with E-state index in [9.17, 15) is 14.0 Å². The summed E-state index contributed by atoms with van der Waals surface area (Å²) in [7, 11) is 0. The Bertz CT molecular complexity index is 620. The Morgan fingerprint density at radius 3 is 2.40 bits per heavy atom. The minimum Gasteiger partial charge on any atom is -0.291 e. The summed E-state index contributed by atoms with van der Waals surface area (Å²) in [4.78, 5) is 0. The smallest absolute Gasteiger partial charge is 0.131 e. The molecule has 0 heterocycles. The molecule has 0 fully saturated rings. The number of rotatable bonds is 4. The van der Waals surface area contributed by atoms with Crippen LogP contribution in [0.25, 0.3) is 0 Å². The number of nitriles is 1. The third kappa shape index (κ3) is 3.19. The van der Waals surface area contributed by atoms with Crippen LogP contribution in [0.15, 0.2) is 48.5 Å². The molecule has 2 atom stereocenters. The van der Waals surface area contributed by atoms with Crippen LogP contribution in [0.3, 0.4) is 0 Å². The number of nitrogens with zero attached hydrogens (tertiary/aromatic N) is 1. The van der Waals surface area contributed by atoms with Crippen molar-refractivity contribution in [2.24, 2.45) is 0 Å². The lowest BCUT2D eigenvalue weighted by Gasteiger charge is -2.19. The maximum Gasteiger partial charge on any atom is 0.131 e. The van der Waals surface area contributed by atoms with Crippen molar-refractivity contribution in [1.29, 1.82) is 5.26 Å². The first kappa shape index (κ1) is 14.2. The molecule has 1 N–H and O–H groups in total. The van der Waals surface area contributed by atoms with E-state index in [-0.39, 0.29) is 11.6 Å². The van der Waals surface area contributed by atoms with Gasteiger partial charge in [-0.15, -0.1) is 0 Å². The monoisotopic (exact) mass is 272 g/mol. The Labute approximate surface area is 116 Å². The molecule has 20 heavy (non-hydrogen) atoms. The van der Waals surface area contributed by atoms with Crippen molar-refractivity contribution in [3.63, 3.8) is 0 Å². The molecule has 0 amide bonds. The highest BCUT2D eigenvalue weighted by molar-refractivity contribution is 5.28. The van der Waals surface area contributed by atoms with Gasteiger partial charge in [0.15, 0.2) is 0 Å². The first-order chi connectivity index (χ1) is 9.61. The maximum absolute atomic E-state index is 13.7. The average molecular weight is 272 g/mol. The Kier molecular flexibility index (Phi) is 4.44. The van der Waals surface area contributed by atoms with Crippen molar-refractivity contribution in [3.8, 4) is 6.07 Å². The average Bonchev–Trinajstić information content (AvgIpc) is 2.46. The molecule has 0 radical (unpaired) electrons. The zero-order valence-corrected chi connectivity index (χ0v) is 11.0. The van der Waals surface area contributed by atoms with Gasteiger partial charge >= 0.3 is 0 Å². The summed E-state index contributed by atoms with van der Waals surface area (Å²) < 4.78 is 26.6. The first-order valence-corrected chi connectivity index (χ1v) is 6.27. The Morgan fingerprint density at radius 2 is 1.80 bits per heavy atom. The number of hydrogen-bond acceptors (Lipinski definition) is 2. The molecule has 0 aliphatic carbocycles. The Hall–Kier alpha value is -2.25. The van der Waals surface area contributed by atoms with Crippen molar-refractivity contribution in [3.05, 3.63) is 71.3 Å². The molecular weight excluding hydrogens is 258 g/mol. The van der Waals surface area contributed by atoms with Crippen molar-refractivity contribution < 1.29 is 8.78 Å². The summed E-state index contributed by atoms with van der Waals surface area (Å²) in [6, 6.07) is 13.8. The van der Waals surface area contributed by atoms with Crippen LogP contribution in [0.5, 0.6) is 0 Å². The molecule has 0 aliphatic heterocycles. The highest BCUT2D eigenvalue weighted by atomic mass is 19.1. The molecule has 2 aromatic rings. The molecule has 102 valence electrons. The van der Waals surface area contributed by atoms with Gasteiger partial charge in [-0.05, 0) is 18.6 Å². The van der Waals surface area contributed by atoms with Crippen LogP contribution in [0.4, 0.5) is 8.78 Å². The zero-order chi connectivity index (χ0) is 14.5. The van der Waals surface area contributed by atoms with Gasteiger partial charge in [0.1, 0.15) is 17.7 Å². The van der Waals surface area contributed by atoms with Crippen LogP contribution < -0.4 is 5.32 Å². The molecule has 0 aromatic heterocycles. The molecule has 2 unspecified atom stereocenters. The standard InChI is InChI=1S/C16H14F2N2/c1-11(12-5-3-2-4-6-12)20-16(10-19)14-8-7-13(17)9-15(14)18/h2-9,11,16,20H,1H3. The fraction of sp³-hybridized carbons (Fsp3) is 0.188. The van der Waals surface area contributed by atoms with E-state index >= 15 is 0 Å². The van der Waals surface area contributed by atoms with Crippen LogP contribution in [-0.2, 0) is 0 Å². The van der Waals surface area contributed by atoms with Crippen molar-refractivity contribution in [2.75, 3.05) is 0 Å². The van der Waals surface area contributed by atoms with E-state index in [0.29, 0.717) is 0 Å². The van der Waals surface area contributed by atoms with Crippen LogP contribution in [0.1, 0.15) is 30.1 Å². The normalized spacial score (nSPS) is 13.5. The third-order valence-electron chi connectivity index (χ3n) is 3.12. The van der Waals surface area contributed by atoms with E-state index in [1.54, 1.807) is 0 Å².